The zero-order valence-corrected chi connectivity index (χ0v) is 18.5. The Hall–Kier alpha value is -3.19. The summed E-state index contributed by atoms with van der Waals surface area (Å²) in [6, 6.07) is 15.0. The fourth-order valence-electron chi connectivity index (χ4n) is 4.06. The molecule has 32 heavy (non-hydrogen) atoms. The topological polar surface area (TPSA) is 95.9 Å². The van der Waals surface area contributed by atoms with Crippen LogP contribution in [0.3, 0.4) is 0 Å². The molecule has 7 nitrogen and oxygen atoms in total. The number of carbonyl (C=O) groups is 3. The van der Waals surface area contributed by atoms with E-state index in [0.29, 0.717) is 12.8 Å². The highest BCUT2D eigenvalue weighted by molar-refractivity contribution is 5.88. The number of nitrogens with zero attached hydrogens (tertiary/aromatic N) is 1. The summed E-state index contributed by atoms with van der Waals surface area (Å²) >= 11 is 0. The number of hydrogen-bond acceptors (Lipinski definition) is 5. The Morgan fingerprint density at radius 2 is 1.75 bits per heavy atom. The van der Waals surface area contributed by atoms with Gasteiger partial charge in [0.15, 0.2) is 0 Å². The van der Waals surface area contributed by atoms with Gasteiger partial charge in [-0.3, -0.25) is 14.9 Å². The quantitative estimate of drug-likeness (QED) is 0.584. The second kappa shape index (κ2) is 10.9. The molecule has 0 saturated heterocycles. The van der Waals surface area contributed by atoms with Gasteiger partial charge in [0.1, 0.15) is 12.1 Å². The van der Waals surface area contributed by atoms with E-state index in [0.717, 1.165) is 16.7 Å². The average Bonchev–Trinajstić information content (AvgIpc) is 2.80. The van der Waals surface area contributed by atoms with Gasteiger partial charge in [-0.1, -0.05) is 54.6 Å². The van der Waals surface area contributed by atoms with E-state index in [-0.39, 0.29) is 25.5 Å². The largest absolute Gasteiger partial charge is 0.480 e. The molecule has 3 rings (SSSR count). The molecular formula is C25H30N2O5. The predicted molar refractivity (Wildman–Crippen MR) is 120 cm³/mol. The number of fused-ring (bicyclic) bond motifs is 1. The molecule has 7 heteroatoms. The van der Waals surface area contributed by atoms with E-state index in [1.807, 2.05) is 54.6 Å². The van der Waals surface area contributed by atoms with E-state index in [4.69, 9.17) is 4.74 Å². The van der Waals surface area contributed by atoms with E-state index in [2.05, 4.69) is 5.32 Å². The first-order chi connectivity index (χ1) is 15.4. The minimum absolute atomic E-state index is 0.228. The minimum Gasteiger partial charge on any atom is -0.480 e. The molecule has 2 aromatic carbocycles. The second-order valence-corrected chi connectivity index (χ2v) is 8.01. The van der Waals surface area contributed by atoms with Crippen LogP contribution in [-0.4, -0.2) is 52.6 Å². The van der Waals surface area contributed by atoms with Gasteiger partial charge in [-0.15, -0.1) is 0 Å². The number of benzene rings is 2. The Morgan fingerprint density at radius 1 is 1.09 bits per heavy atom. The number of carboxylic acids is 1. The van der Waals surface area contributed by atoms with E-state index in [1.54, 1.807) is 13.8 Å². The molecular weight excluding hydrogens is 408 g/mol. The summed E-state index contributed by atoms with van der Waals surface area (Å²) in [5, 5.41) is 12.8. The highest BCUT2D eigenvalue weighted by Crippen LogP contribution is 2.24. The van der Waals surface area contributed by atoms with E-state index < -0.39 is 30.1 Å². The van der Waals surface area contributed by atoms with Crippen molar-refractivity contribution in [2.24, 2.45) is 0 Å². The van der Waals surface area contributed by atoms with Crippen molar-refractivity contribution in [3.63, 3.8) is 0 Å². The smallest absolute Gasteiger partial charge is 0.326 e. The molecule has 0 aliphatic carbocycles. The molecule has 170 valence electrons. The van der Waals surface area contributed by atoms with Crippen molar-refractivity contribution in [1.29, 1.82) is 0 Å². The Balaban J connectivity index is 1.72. The van der Waals surface area contributed by atoms with Crippen LogP contribution in [0.15, 0.2) is 54.6 Å². The number of carbonyl (C=O) groups excluding carboxylic acids is 2. The maximum atomic E-state index is 13.3. The molecule has 2 N–H and O–H groups in total. The third-order valence-corrected chi connectivity index (χ3v) is 5.77. The van der Waals surface area contributed by atoms with Crippen LogP contribution in [0.25, 0.3) is 0 Å². The van der Waals surface area contributed by atoms with Crippen LogP contribution in [0.2, 0.25) is 0 Å². The molecule has 0 radical (unpaired) electrons. The molecule has 2 aromatic rings. The van der Waals surface area contributed by atoms with Gasteiger partial charge >= 0.3 is 11.9 Å². The number of hydrogen-bond donors (Lipinski definition) is 2. The van der Waals surface area contributed by atoms with Crippen molar-refractivity contribution in [2.75, 3.05) is 6.61 Å². The van der Waals surface area contributed by atoms with Crippen LogP contribution in [-0.2, 0) is 38.5 Å². The molecule has 1 aliphatic heterocycles. The van der Waals surface area contributed by atoms with Gasteiger partial charge in [0.25, 0.3) is 0 Å². The van der Waals surface area contributed by atoms with Crippen LogP contribution in [0.4, 0.5) is 0 Å². The van der Waals surface area contributed by atoms with Crippen molar-refractivity contribution >= 4 is 17.8 Å². The third-order valence-electron chi connectivity index (χ3n) is 5.77. The van der Waals surface area contributed by atoms with Gasteiger partial charge < -0.3 is 14.7 Å². The van der Waals surface area contributed by atoms with Gasteiger partial charge in [-0.25, -0.2) is 4.79 Å². The number of amides is 1. The maximum absolute atomic E-state index is 13.3. The van der Waals surface area contributed by atoms with Crippen LogP contribution in [0, 0.1) is 0 Å². The predicted octanol–water partition coefficient (Wildman–Crippen LogP) is 2.57. The Morgan fingerprint density at radius 3 is 2.41 bits per heavy atom. The van der Waals surface area contributed by atoms with Crippen LogP contribution in [0.5, 0.6) is 0 Å². The summed E-state index contributed by atoms with van der Waals surface area (Å²) in [5.74, 6) is -1.80. The lowest BCUT2D eigenvalue weighted by Crippen LogP contribution is -2.56. The van der Waals surface area contributed by atoms with E-state index in [1.165, 1.54) is 4.90 Å². The first-order valence-corrected chi connectivity index (χ1v) is 11.0. The summed E-state index contributed by atoms with van der Waals surface area (Å²) in [6.07, 6.45) is 1.37. The molecule has 0 spiro atoms. The Bertz CT molecular complexity index is 946. The number of rotatable bonds is 9. The SMILES string of the molecule is CCOC(=O)[C@H](CCc1ccccc1)N[C@H](C)C(=O)N1Cc2ccccc2C[C@@H]1C(=O)O. The molecule has 3 atom stereocenters. The second-order valence-electron chi connectivity index (χ2n) is 8.01. The van der Waals surface area contributed by atoms with Crippen molar-refractivity contribution in [1.82, 2.24) is 10.2 Å². The number of nitrogens with one attached hydrogen (secondary N) is 1. The first kappa shape index (κ1) is 23.5. The number of ether oxygens (including phenoxy) is 1. The maximum Gasteiger partial charge on any atom is 0.326 e. The van der Waals surface area contributed by atoms with Crippen LogP contribution < -0.4 is 5.32 Å². The molecule has 1 heterocycles. The standard InChI is InChI=1S/C25H30N2O5/c1-3-32-25(31)21(14-13-18-9-5-4-6-10-18)26-17(2)23(28)27-16-20-12-8-7-11-19(20)15-22(27)24(29)30/h4-12,17,21-22,26H,3,13-16H2,1-2H3,(H,29,30)/t17-,21+,22-/m1/s1. The van der Waals surface area contributed by atoms with Gasteiger partial charge in [-0.05, 0) is 43.4 Å². The van der Waals surface area contributed by atoms with E-state index in [9.17, 15) is 19.5 Å². The summed E-state index contributed by atoms with van der Waals surface area (Å²) in [7, 11) is 0. The molecule has 0 aromatic heterocycles. The molecule has 0 unspecified atom stereocenters. The summed E-state index contributed by atoms with van der Waals surface area (Å²) in [4.78, 5) is 39.1. The van der Waals surface area contributed by atoms with E-state index >= 15 is 0 Å². The van der Waals surface area contributed by atoms with Crippen molar-refractivity contribution in [2.45, 2.75) is 57.8 Å². The van der Waals surface area contributed by atoms with Gasteiger partial charge in [-0.2, -0.15) is 0 Å². The summed E-state index contributed by atoms with van der Waals surface area (Å²) in [6.45, 7) is 3.88. The van der Waals surface area contributed by atoms with Crippen LogP contribution in [0.1, 0.15) is 37.0 Å². The molecule has 1 aliphatic rings. The normalized spacial score (nSPS) is 17.2. The lowest BCUT2D eigenvalue weighted by molar-refractivity contribution is -0.153. The van der Waals surface area contributed by atoms with Gasteiger partial charge in [0, 0.05) is 13.0 Å². The fraction of sp³-hybridized carbons (Fsp3) is 0.400. The highest BCUT2D eigenvalue weighted by Gasteiger charge is 2.37. The Kier molecular flexibility index (Phi) is 8.00. The third kappa shape index (κ3) is 5.73. The number of aryl methyl sites for hydroxylation is 1. The van der Waals surface area contributed by atoms with Crippen molar-refractivity contribution in [3.05, 3.63) is 71.3 Å². The lowest BCUT2D eigenvalue weighted by atomic mass is 9.93. The molecule has 0 saturated carbocycles. The van der Waals surface area contributed by atoms with Gasteiger partial charge in [0.2, 0.25) is 5.91 Å². The molecule has 1 amide bonds. The Labute approximate surface area is 188 Å². The minimum atomic E-state index is -1.04. The average molecular weight is 439 g/mol. The molecule has 0 fully saturated rings. The summed E-state index contributed by atoms with van der Waals surface area (Å²) in [5.41, 5.74) is 2.97. The summed E-state index contributed by atoms with van der Waals surface area (Å²) < 4.78 is 5.20. The highest BCUT2D eigenvalue weighted by atomic mass is 16.5. The van der Waals surface area contributed by atoms with Crippen molar-refractivity contribution < 1.29 is 24.2 Å². The first-order valence-electron chi connectivity index (χ1n) is 11.0. The lowest BCUT2D eigenvalue weighted by Gasteiger charge is -2.36. The van der Waals surface area contributed by atoms with Crippen LogP contribution >= 0.6 is 0 Å². The van der Waals surface area contributed by atoms with Gasteiger partial charge in [0.05, 0.1) is 12.6 Å². The number of aliphatic carboxylic acids is 1. The number of esters is 1. The molecule has 0 bridgehead atoms. The zero-order chi connectivity index (χ0) is 23.1. The fourth-order valence-corrected chi connectivity index (χ4v) is 4.06. The van der Waals surface area contributed by atoms with Crippen molar-refractivity contribution in [3.8, 4) is 0 Å². The number of carboxylic acid groups (broad SMARTS) is 1. The zero-order valence-electron chi connectivity index (χ0n) is 18.5. The monoisotopic (exact) mass is 438 g/mol.